The molecule has 0 heterocycles. The van der Waals surface area contributed by atoms with Crippen molar-refractivity contribution in [3.8, 4) is 0 Å². The second kappa shape index (κ2) is 5.56. The molecular formula is C12H22Cl2Si. The van der Waals surface area contributed by atoms with Crippen LogP contribution in [0, 0.1) is 5.41 Å². The van der Waals surface area contributed by atoms with Crippen LogP contribution in [0.4, 0.5) is 0 Å². The van der Waals surface area contributed by atoms with Gasteiger partial charge in [0.05, 0.1) is 0 Å². The highest BCUT2D eigenvalue weighted by Gasteiger charge is 2.30. The molecule has 0 amide bonds. The summed E-state index contributed by atoms with van der Waals surface area (Å²) < 4.78 is 0. The van der Waals surface area contributed by atoms with Gasteiger partial charge in [0.2, 0.25) is 0 Å². The first-order valence-corrected chi connectivity index (χ1v) is 9.69. The van der Waals surface area contributed by atoms with Gasteiger partial charge in [0.1, 0.15) is 0 Å². The van der Waals surface area contributed by atoms with Crippen molar-refractivity contribution in [2.24, 2.45) is 5.41 Å². The van der Waals surface area contributed by atoms with Crippen LogP contribution >= 0.6 is 22.2 Å². The van der Waals surface area contributed by atoms with Crippen LogP contribution in [0.25, 0.3) is 0 Å². The summed E-state index contributed by atoms with van der Waals surface area (Å²) in [7, 11) is 0. The van der Waals surface area contributed by atoms with Gasteiger partial charge in [-0.05, 0) is 30.8 Å². The minimum atomic E-state index is -2.15. The average molecular weight is 265 g/mol. The van der Waals surface area contributed by atoms with Crippen molar-refractivity contribution in [1.82, 2.24) is 0 Å². The molecule has 0 bridgehead atoms. The van der Waals surface area contributed by atoms with Gasteiger partial charge in [0.15, 0.2) is 0 Å². The Balaban J connectivity index is 4.19. The van der Waals surface area contributed by atoms with Crippen molar-refractivity contribution in [2.45, 2.75) is 46.2 Å². The van der Waals surface area contributed by atoms with Gasteiger partial charge in [-0.15, -0.1) is 22.2 Å². The van der Waals surface area contributed by atoms with E-state index in [9.17, 15) is 0 Å². The Labute approximate surface area is 105 Å². The first-order valence-electron chi connectivity index (χ1n) is 5.25. The monoisotopic (exact) mass is 264 g/mol. The van der Waals surface area contributed by atoms with Crippen molar-refractivity contribution >= 4 is 28.9 Å². The predicted molar refractivity (Wildman–Crippen MR) is 75.1 cm³/mol. The molecule has 0 aromatic carbocycles. The van der Waals surface area contributed by atoms with E-state index in [0.29, 0.717) is 5.41 Å². The van der Waals surface area contributed by atoms with Crippen molar-refractivity contribution < 1.29 is 0 Å². The second-order valence-corrected chi connectivity index (χ2v) is 13.0. The number of hydrogen-bond donors (Lipinski definition) is 0. The molecule has 15 heavy (non-hydrogen) atoms. The fraction of sp³-hybridized carbons (Fsp3) is 0.667. The Morgan fingerprint density at radius 3 is 2.00 bits per heavy atom. The third kappa shape index (κ3) is 8.12. The van der Waals surface area contributed by atoms with Crippen molar-refractivity contribution in [2.75, 3.05) is 0 Å². The Morgan fingerprint density at radius 1 is 1.20 bits per heavy atom. The zero-order valence-electron chi connectivity index (χ0n) is 10.3. The van der Waals surface area contributed by atoms with Gasteiger partial charge >= 0.3 is 0 Å². The van der Waals surface area contributed by atoms with E-state index >= 15 is 0 Å². The molecular weight excluding hydrogens is 243 g/mol. The van der Waals surface area contributed by atoms with Crippen molar-refractivity contribution in [1.29, 1.82) is 0 Å². The molecule has 0 fully saturated rings. The highest BCUT2D eigenvalue weighted by Crippen LogP contribution is 2.35. The summed E-state index contributed by atoms with van der Waals surface area (Å²) in [6.45, 7) is 14.2. The Morgan fingerprint density at radius 2 is 1.67 bits per heavy atom. The van der Waals surface area contributed by atoms with Crippen LogP contribution in [0.1, 0.15) is 34.1 Å². The molecule has 0 aliphatic rings. The standard InChI is InChI=1S/C12H22Cl2Si/c1-10(2)11(3)9-15(13,14)8-7-12(4,5)6/h1,3,7-9H2,2,4-6H3. The quantitative estimate of drug-likeness (QED) is 0.351. The summed E-state index contributed by atoms with van der Waals surface area (Å²) in [6, 6.07) is 1.66. The topological polar surface area (TPSA) is 0 Å². The average Bonchev–Trinajstić information content (AvgIpc) is 1.99. The Kier molecular flexibility index (Phi) is 5.66. The lowest BCUT2D eigenvalue weighted by molar-refractivity contribution is 0.396. The van der Waals surface area contributed by atoms with E-state index in [1.165, 1.54) is 0 Å². The smallest absolute Gasteiger partial charge is 0.145 e. The normalized spacial score (nSPS) is 12.7. The van der Waals surface area contributed by atoms with Gasteiger partial charge in [-0.3, -0.25) is 0 Å². The molecule has 0 atom stereocenters. The molecule has 0 saturated heterocycles. The maximum atomic E-state index is 6.38. The molecule has 0 spiro atoms. The van der Waals surface area contributed by atoms with Crippen LogP contribution in [0.2, 0.25) is 12.1 Å². The van der Waals surface area contributed by atoms with Crippen LogP contribution in [0.3, 0.4) is 0 Å². The Hall–Kier alpha value is 0.277. The molecule has 88 valence electrons. The highest BCUT2D eigenvalue weighted by atomic mass is 35.7. The zero-order chi connectivity index (χ0) is 12.3. The van der Waals surface area contributed by atoms with Gasteiger partial charge in [0, 0.05) is 0 Å². The van der Waals surface area contributed by atoms with Crippen LogP contribution in [-0.2, 0) is 0 Å². The van der Waals surface area contributed by atoms with Crippen LogP contribution in [-0.4, -0.2) is 6.69 Å². The largest absolute Gasteiger partial charge is 0.255 e. The number of halogens is 2. The first-order chi connectivity index (χ1) is 6.53. The lowest BCUT2D eigenvalue weighted by atomic mass is 9.94. The number of rotatable bonds is 5. The second-order valence-electron chi connectivity index (χ2n) is 5.48. The molecule has 0 saturated carbocycles. The van der Waals surface area contributed by atoms with E-state index in [-0.39, 0.29) is 0 Å². The molecule has 3 heteroatoms. The van der Waals surface area contributed by atoms with E-state index in [1.54, 1.807) is 0 Å². The summed E-state index contributed by atoms with van der Waals surface area (Å²) in [5, 5.41) is 0. The van der Waals surface area contributed by atoms with E-state index in [4.69, 9.17) is 22.2 Å². The Bertz CT molecular complexity index is 249. The maximum absolute atomic E-state index is 6.38. The fourth-order valence-corrected chi connectivity index (χ4v) is 4.86. The molecule has 0 nitrogen and oxygen atoms in total. The number of hydrogen-bond acceptors (Lipinski definition) is 0. The number of allylic oxidation sites excluding steroid dienone is 2. The third-order valence-electron chi connectivity index (χ3n) is 2.32. The highest BCUT2D eigenvalue weighted by molar-refractivity contribution is 7.45. The molecule has 0 aromatic heterocycles. The lowest BCUT2D eigenvalue weighted by Gasteiger charge is -2.24. The van der Waals surface area contributed by atoms with Crippen LogP contribution < -0.4 is 0 Å². The molecule has 0 radical (unpaired) electrons. The van der Waals surface area contributed by atoms with Gasteiger partial charge in [0.25, 0.3) is 6.69 Å². The summed E-state index contributed by atoms with van der Waals surface area (Å²) >= 11 is 12.8. The minimum absolute atomic E-state index is 0.298. The summed E-state index contributed by atoms with van der Waals surface area (Å²) in [5.41, 5.74) is 2.29. The summed E-state index contributed by atoms with van der Waals surface area (Å²) in [5.74, 6) is 0. The summed E-state index contributed by atoms with van der Waals surface area (Å²) in [4.78, 5) is 0. The maximum Gasteiger partial charge on any atom is 0.255 e. The molecule has 0 aliphatic carbocycles. The molecule has 0 aliphatic heterocycles. The van der Waals surface area contributed by atoms with Crippen LogP contribution in [0.15, 0.2) is 24.3 Å². The lowest BCUT2D eigenvalue weighted by Crippen LogP contribution is -2.22. The first kappa shape index (κ1) is 15.3. The molecule has 0 aromatic rings. The molecule has 0 N–H and O–H groups in total. The van der Waals surface area contributed by atoms with Gasteiger partial charge in [-0.2, -0.15) is 0 Å². The van der Waals surface area contributed by atoms with E-state index in [1.807, 2.05) is 6.92 Å². The van der Waals surface area contributed by atoms with E-state index in [2.05, 4.69) is 33.9 Å². The fourth-order valence-electron chi connectivity index (χ4n) is 1.11. The zero-order valence-corrected chi connectivity index (χ0v) is 12.8. The van der Waals surface area contributed by atoms with Crippen molar-refractivity contribution in [3.63, 3.8) is 0 Å². The SMILES string of the molecule is C=C(C)C(=C)C[Si](Cl)(Cl)CCC(C)(C)C. The van der Waals surface area contributed by atoms with Gasteiger partial charge in [-0.25, -0.2) is 0 Å². The summed E-state index contributed by atoms with van der Waals surface area (Å²) in [6.07, 6.45) is 1.07. The third-order valence-corrected chi connectivity index (χ3v) is 6.18. The minimum Gasteiger partial charge on any atom is -0.145 e. The van der Waals surface area contributed by atoms with Crippen LogP contribution in [0.5, 0.6) is 0 Å². The van der Waals surface area contributed by atoms with Gasteiger partial charge in [-0.1, -0.05) is 45.1 Å². The predicted octanol–water partition coefficient (Wildman–Crippen LogP) is 5.47. The molecule has 0 rings (SSSR count). The van der Waals surface area contributed by atoms with E-state index in [0.717, 1.165) is 29.7 Å². The van der Waals surface area contributed by atoms with Crippen molar-refractivity contribution in [3.05, 3.63) is 24.3 Å². The van der Waals surface area contributed by atoms with E-state index < -0.39 is 6.69 Å². The molecule has 0 unspecified atom stereocenters. The van der Waals surface area contributed by atoms with Gasteiger partial charge < -0.3 is 0 Å².